The van der Waals surface area contributed by atoms with Crippen LogP contribution in [0.3, 0.4) is 0 Å². The van der Waals surface area contributed by atoms with E-state index >= 15 is 0 Å². The summed E-state index contributed by atoms with van der Waals surface area (Å²) >= 11 is 5.84. The van der Waals surface area contributed by atoms with Gasteiger partial charge in [-0.1, -0.05) is 17.7 Å². The standard InChI is InChI=1S/C14H14ClN3O2/c1-9-6-10(2)18(14(20)16-9)8-13(19)17-12-5-3-4-11(15)7-12/h3-7H,8H2,1-2H3,(H,17,19). The number of aryl methyl sites for hydroxylation is 2. The largest absolute Gasteiger partial charge is 0.348 e. The van der Waals surface area contributed by atoms with E-state index in [0.717, 1.165) is 0 Å². The maximum atomic E-state index is 11.9. The molecule has 0 saturated carbocycles. The summed E-state index contributed by atoms with van der Waals surface area (Å²) in [5, 5.41) is 3.22. The molecule has 20 heavy (non-hydrogen) atoms. The molecular weight excluding hydrogens is 278 g/mol. The predicted octanol–water partition coefficient (Wildman–Crippen LogP) is 2.15. The molecule has 0 atom stereocenters. The van der Waals surface area contributed by atoms with Crippen molar-refractivity contribution in [3.05, 3.63) is 57.2 Å². The minimum Gasteiger partial charge on any atom is -0.324 e. The number of rotatable bonds is 3. The van der Waals surface area contributed by atoms with E-state index < -0.39 is 5.69 Å². The number of carbonyl (C=O) groups excluding carboxylic acids is 1. The number of hydrogen-bond donors (Lipinski definition) is 1. The van der Waals surface area contributed by atoms with Gasteiger partial charge < -0.3 is 5.32 Å². The average molecular weight is 292 g/mol. The van der Waals surface area contributed by atoms with E-state index in [1.807, 2.05) is 0 Å². The summed E-state index contributed by atoms with van der Waals surface area (Å²) in [5.41, 5.74) is 1.50. The third kappa shape index (κ3) is 3.45. The summed E-state index contributed by atoms with van der Waals surface area (Å²) in [4.78, 5) is 27.5. The topological polar surface area (TPSA) is 64.0 Å². The summed E-state index contributed by atoms with van der Waals surface area (Å²) in [5.74, 6) is -0.303. The average Bonchev–Trinajstić information content (AvgIpc) is 2.33. The first kappa shape index (κ1) is 14.3. The van der Waals surface area contributed by atoms with E-state index in [-0.39, 0.29) is 12.5 Å². The third-order valence-corrected chi connectivity index (χ3v) is 2.99. The van der Waals surface area contributed by atoms with Gasteiger partial charge in [0, 0.05) is 22.1 Å². The molecule has 1 aromatic heterocycles. The highest BCUT2D eigenvalue weighted by atomic mass is 35.5. The van der Waals surface area contributed by atoms with Crippen LogP contribution in [0.25, 0.3) is 0 Å². The Balaban J connectivity index is 2.15. The zero-order chi connectivity index (χ0) is 14.7. The van der Waals surface area contributed by atoms with Gasteiger partial charge in [0.15, 0.2) is 0 Å². The van der Waals surface area contributed by atoms with Crippen molar-refractivity contribution in [3.8, 4) is 0 Å². The van der Waals surface area contributed by atoms with Gasteiger partial charge in [0.1, 0.15) is 6.54 Å². The smallest absolute Gasteiger partial charge is 0.324 e. The Kier molecular flexibility index (Phi) is 4.20. The second kappa shape index (κ2) is 5.88. The lowest BCUT2D eigenvalue weighted by molar-refractivity contribution is -0.116. The molecule has 0 aliphatic carbocycles. The zero-order valence-corrected chi connectivity index (χ0v) is 11.9. The number of carbonyl (C=O) groups is 1. The van der Waals surface area contributed by atoms with Gasteiger partial charge in [-0.2, -0.15) is 4.98 Å². The Hall–Kier alpha value is -2.14. The monoisotopic (exact) mass is 291 g/mol. The fourth-order valence-electron chi connectivity index (χ4n) is 1.88. The van der Waals surface area contributed by atoms with Gasteiger partial charge >= 0.3 is 5.69 Å². The number of hydrogen-bond acceptors (Lipinski definition) is 3. The van der Waals surface area contributed by atoms with Crippen molar-refractivity contribution in [2.75, 3.05) is 5.32 Å². The summed E-state index contributed by atoms with van der Waals surface area (Å²) in [6, 6.07) is 8.59. The zero-order valence-electron chi connectivity index (χ0n) is 11.2. The van der Waals surface area contributed by atoms with E-state index in [9.17, 15) is 9.59 Å². The Morgan fingerprint density at radius 2 is 2.10 bits per heavy atom. The fourth-order valence-corrected chi connectivity index (χ4v) is 2.07. The van der Waals surface area contributed by atoms with Crippen LogP contribution < -0.4 is 11.0 Å². The SMILES string of the molecule is Cc1cc(C)n(CC(=O)Nc2cccc(Cl)c2)c(=O)n1. The van der Waals surface area contributed by atoms with Crippen LogP contribution >= 0.6 is 11.6 Å². The minimum absolute atomic E-state index is 0.0789. The lowest BCUT2D eigenvalue weighted by Crippen LogP contribution is -2.31. The van der Waals surface area contributed by atoms with Gasteiger partial charge in [-0.05, 0) is 38.1 Å². The fraction of sp³-hybridized carbons (Fsp3) is 0.214. The van der Waals surface area contributed by atoms with E-state index in [1.54, 1.807) is 44.2 Å². The molecule has 0 aliphatic rings. The number of aromatic nitrogens is 2. The van der Waals surface area contributed by atoms with Crippen molar-refractivity contribution < 1.29 is 4.79 Å². The first-order valence-electron chi connectivity index (χ1n) is 6.06. The highest BCUT2D eigenvalue weighted by Crippen LogP contribution is 2.14. The van der Waals surface area contributed by atoms with Gasteiger partial charge in [0.2, 0.25) is 5.91 Å². The molecule has 0 bridgehead atoms. The second-order valence-electron chi connectivity index (χ2n) is 4.47. The number of amides is 1. The summed E-state index contributed by atoms with van der Waals surface area (Å²) in [6.45, 7) is 3.43. The Morgan fingerprint density at radius 3 is 2.75 bits per heavy atom. The van der Waals surface area contributed by atoms with Crippen molar-refractivity contribution >= 4 is 23.2 Å². The van der Waals surface area contributed by atoms with Crippen LogP contribution in [-0.2, 0) is 11.3 Å². The molecule has 2 aromatic rings. The Morgan fingerprint density at radius 1 is 1.35 bits per heavy atom. The van der Waals surface area contributed by atoms with Gasteiger partial charge in [-0.3, -0.25) is 9.36 Å². The van der Waals surface area contributed by atoms with E-state index in [1.165, 1.54) is 4.57 Å². The van der Waals surface area contributed by atoms with Crippen LogP contribution in [0.5, 0.6) is 0 Å². The molecule has 0 spiro atoms. The molecule has 0 unspecified atom stereocenters. The van der Waals surface area contributed by atoms with Gasteiger partial charge in [0.25, 0.3) is 0 Å². The molecule has 104 valence electrons. The first-order chi connectivity index (χ1) is 9.45. The number of nitrogens with one attached hydrogen (secondary N) is 1. The number of nitrogens with zero attached hydrogens (tertiary/aromatic N) is 2. The number of halogens is 1. The second-order valence-corrected chi connectivity index (χ2v) is 4.90. The molecule has 1 amide bonds. The Bertz CT molecular complexity index is 710. The highest BCUT2D eigenvalue weighted by Gasteiger charge is 2.09. The summed E-state index contributed by atoms with van der Waals surface area (Å²) in [6.07, 6.45) is 0. The van der Waals surface area contributed by atoms with Crippen LogP contribution in [0.15, 0.2) is 35.1 Å². The summed E-state index contributed by atoms with van der Waals surface area (Å²) < 4.78 is 1.33. The number of benzene rings is 1. The maximum absolute atomic E-state index is 11.9. The van der Waals surface area contributed by atoms with E-state index in [0.29, 0.717) is 22.1 Å². The third-order valence-electron chi connectivity index (χ3n) is 2.76. The quantitative estimate of drug-likeness (QED) is 0.942. The molecule has 0 radical (unpaired) electrons. The molecule has 6 heteroatoms. The van der Waals surface area contributed by atoms with E-state index in [4.69, 9.17) is 11.6 Å². The van der Waals surface area contributed by atoms with Gasteiger partial charge in [0.05, 0.1) is 0 Å². The van der Waals surface area contributed by atoms with Crippen molar-refractivity contribution in [1.29, 1.82) is 0 Å². The summed E-state index contributed by atoms with van der Waals surface area (Å²) in [7, 11) is 0. The predicted molar refractivity (Wildman–Crippen MR) is 78.1 cm³/mol. The van der Waals surface area contributed by atoms with Crippen molar-refractivity contribution in [2.24, 2.45) is 0 Å². The molecule has 0 saturated heterocycles. The normalized spacial score (nSPS) is 10.3. The van der Waals surface area contributed by atoms with Crippen LogP contribution in [0, 0.1) is 13.8 Å². The van der Waals surface area contributed by atoms with Crippen LogP contribution in [0.4, 0.5) is 5.69 Å². The molecule has 1 N–H and O–H groups in total. The first-order valence-corrected chi connectivity index (χ1v) is 6.44. The van der Waals surface area contributed by atoms with Gasteiger partial charge in [-0.15, -0.1) is 0 Å². The highest BCUT2D eigenvalue weighted by molar-refractivity contribution is 6.30. The van der Waals surface area contributed by atoms with Crippen molar-refractivity contribution in [2.45, 2.75) is 20.4 Å². The minimum atomic E-state index is -0.427. The molecule has 2 rings (SSSR count). The lowest BCUT2D eigenvalue weighted by Gasteiger charge is -2.10. The molecule has 0 aliphatic heterocycles. The van der Waals surface area contributed by atoms with Crippen LogP contribution in [-0.4, -0.2) is 15.5 Å². The lowest BCUT2D eigenvalue weighted by atomic mass is 10.3. The van der Waals surface area contributed by atoms with Crippen LogP contribution in [0.1, 0.15) is 11.4 Å². The molecule has 0 fully saturated rings. The van der Waals surface area contributed by atoms with Crippen LogP contribution in [0.2, 0.25) is 5.02 Å². The van der Waals surface area contributed by atoms with Crippen molar-refractivity contribution in [3.63, 3.8) is 0 Å². The molecular formula is C14H14ClN3O2. The Labute approximate surface area is 121 Å². The molecule has 5 nitrogen and oxygen atoms in total. The number of anilines is 1. The van der Waals surface area contributed by atoms with Gasteiger partial charge in [-0.25, -0.2) is 4.79 Å². The molecule has 1 aromatic carbocycles. The van der Waals surface area contributed by atoms with Crippen molar-refractivity contribution in [1.82, 2.24) is 9.55 Å². The van der Waals surface area contributed by atoms with E-state index in [2.05, 4.69) is 10.3 Å². The molecule has 1 heterocycles. The maximum Gasteiger partial charge on any atom is 0.348 e.